The molecule has 0 saturated carbocycles. The van der Waals surface area contributed by atoms with Gasteiger partial charge < -0.3 is 0 Å². The molecule has 0 aromatic heterocycles. The third-order valence-electron chi connectivity index (χ3n) is 5.97. The van der Waals surface area contributed by atoms with Crippen molar-refractivity contribution in [3.63, 3.8) is 0 Å². The SMILES string of the molecule is C=CCCC(=O)C(c1ccccc1SC)=P(c1ccccc1)(c1ccccc1)c1ccccc1. The van der Waals surface area contributed by atoms with Gasteiger partial charge in [-0.05, 0) is 47.1 Å². The standard InChI is InChI=1S/C31H29OPS/c1-3-4-23-29(32)31(28-22-14-15-24-30(28)34-2)33(25-16-8-5-9-17-25,26-18-10-6-11-19-26)27-20-12-7-13-21-27/h3,5-22,24H,1,4,23H2,2H3. The molecule has 0 N–H and O–H groups in total. The Balaban J connectivity index is 2.31. The first-order chi connectivity index (χ1) is 16.7. The maximum absolute atomic E-state index is 14.3. The van der Waals surface area contributed by atoms with Crippen molar-refractivity contribution in [3.05, 3.63) is 133 Å². The highest BCUT2D eigenvalue weighted by atomic mass is 32.2. The normalized spacial score (nSPS) is 11.1. The number of Topliss-reactive ketones (excluding diaryl/α,β-unsaturated/α-hetero) is 1. The second-order valence-corrected chi connectivity index (χ2v) is 12.2. The van der Waals surface area contributed by atoms with Gasteiger partial charge in [-0.2, -0.15) is 0 Å². The fraction of sp³-hybridized carbons (Fsp3) is 0.0968. The second kappa shape index (κ2) is 11.4. The maximum Gasteiger partial charge on any atom is 0.164 e. The van der Waals surface area contributed by atoms with Crippen molar-refractivity contribution >= 4 is 45.6 Å². The molecule has 3 heteroatoms. The molecule has 34 heavy (non-hydrogen) atoms. The molecule has 0 aliphatic heterocycles. The van der Waals surface area contributed by atoms with E-state index in [1.807, 2.05) is 30.3 Å². The largest absolute Gasteiger partial charge is 0.294 e. The lowest BCUT2D eigenvalue weighted by molar-refractivity contribution is -0.112. The van der Waals surface area contributed by atoms with E-state index in [0.29, 0.717) is 12.8 Å². The predicted molar refractivity (Wildman–Crippen MR) is 152 cm³/mol. The summed E-state index contributed by atoms with van der Waals surface area (Å²) in [5.74, 6) is 0.186. The smallest absolute Gasteiger partial charge is 0.164 e. The van der Waals surface area contributed by atoms with E-state index < -0.39 is 6.89 Å². The molecular weight excluding hydrogens is 451 g/mol. The van der Waals surface area contributed by atoms with Crippen LogP contribution in [0.2, 0.25) is 0 Å². The van der Waals surface area contributed by atoms with E-state index >= 15 is 0 Å². The molecule has 0 aliphatic rings. The van der Waals surface area contributed by atoms with E-state index in [-0.39, 0.29) is 5.78 Å². The molecule has 0 heterocycles. The molecule has 0 bridgehead atoms. The number of benzene rings is 4. The number of rotatable bonds is 9. The number of carbonyl (C=O) groups excluding carboxylic acids is 1. The Hall–Kier alpha value is -3.06. The lowest BCUT2D eigenvalue weighted by Crippen LogP contribution is -2.34. The van der Waals surface area contributed by atoms with Gasteiger partial charge in [0.15, 0.2) is 5.78 Å². The monoisotopic (exact) mass is 480 g/mol. The van der Waals surface area contributed by atoms with Crippen LogP contribution in [0.5, 0.6) is 0 Å². The van der Waals surface area contributed by atoms with E-state index in [1.54, 1.807) is 11.8 Å². The summed E-state index contributed by atoms with van der Waals surface area (Å²) in [6.07, 6.45) is 5.01. The van der Waals surface area contributed by atoms with Gasteiger partial charge in [-0.3, -0.25) is 4.79 Å². The zero-order chi connectivity index (χ0) is 23.8. The average Bonchev–Trinajstić information content (AvgIpc) is 2.92. The van der Waals surface area contributed by atoms with Gasteiger partial charge in [0.1, 0.15) is 0 Å². The number of hydrogen-bond donors (Lipinski definition) is 0. The molecule has 4 aromatic rings. The number of allylic oxidation sites excluding steroid dienone is 1. The Kier molecular flexibility index (Phi) is 8.06. The van der Waals surface area contributed by atoms with Crippen LogP contribution in [0, 0.1) is 0 Å². The first kappa shape index (κ1) is 24.1. The van der Waals surface area contributed by atoms with Crippen LogP contribution >= 0.6 is 18.6 Å². The minimum atomic E-state index is -2.50. The highest BCUT2D eigenvalue weighted by Gasteiger charge is 2.34. The minimum absolute atomic E-state index is 0.186. The Morgan fingerprint density at radius 3 is 1.62 bits per heavy atom. The molecular formula is C31H29OPS. The third-order valence-corrected chi connectivity index (χ3v) is 11.1. The summed E-state index contributed by atoms with van der Waals surface area (Å²) >= 11 is 1.69. The van der Waals surface area contributed by atoms with Crippen LogP contribution in [0.1, 0.15) is 18.4 Å². The van der Waals surface area contributed by atoms with Crippen LogP contribution in [-0.2, 0) is 4.79 Å². The van der Waals surface area contributed by atoms with Gasteiger partial charge in [0.05, 0.1) is 0 Å². The summed E-state index contributed by atoms with van der Waals surface area (Å²) in [5.41, 5.74) is 1.04. The lowest BCUT2D eigenvalue weighted by atomic mass is 10.1. The van der Waals surface area contributed by atoms with E-state index in [2.05, 4.69) is 104 Å². The van der Waals surface area contributed by atoms with Gasteiger partial charge in [0.25, 0.3) is 0 Å². The summed E-state index contributed by atoms with van der Waals surface area (Å²) in [5, 5.41) is 4.48. The van der Waals surface area contributed by atoms with Crippen molar-refractivity contribution in [3.8, 4) is 0 Å². The summed E-state index contributed by atoms with van der Waals surface area (Å²) in [7, 11) is 0. The van der Waals surface area contributed by atoms with Crippen molar-refractivity contribution in [2.75, 3.05) is 6.26 Å². The molecule has 0 spiro atoms. The topological polar surface area (TPSA) is 17.1 Å². The number of thioether (sulfide) groups is 1. The summed E-state index contributed by atoms with van der Waals surface area (Å²) in [4.78, 5) is 15.4. The first-order valence-corrected chi connectivity index (χ1v) is 14.5. The molecule has 1 nitrogen and oxygen atoms in total. The molecule has 0 aliphatic carbocycles. The zero-order valence-electron chi connectivity index (χ0n) is 19.4. The van der Waals surface area contributed by atoms with Crippen molar-refractivity contribution in [1.29, 1.82) is 0 Å². The lowest BCUT2D eigenvalue weighted by Gasteiger charge is -2.33. The fourth-order valence-corrected chi connectivity index (χ4v) is 9.75. The molecule has 0 saturated heterocycles. The third kappa shape index (κ3) is 4.62. The molecule has 170 valence electrons. The van der Waals surface area contributed by atoms with Crippen molar-refractivity contribution in [2.24, 2.45) is 0 Å². The summed E-state index contributed by atoms with van der Waals surface area (Å²) in [6.45, 7) is 1.38. The van der Waals surface area contributed by atoms with Crippen LogP contribution in [0.25, 0.3) is 0 Å². The van der Waals surface area contributed by atoms with Crippen LogP contribution < -0.4 is 15.9 Å². The molecule has 0 radical (unpaired) electrons. The van der Waals surface area contributed by atoms with Gasteiger partial charge >= 0.3 is 0 Å². The van der Waals surface area contributed by atoms with E-state index in [9.17, 15) is 4.79 Å². The second-order valence-electron chi connectivity index (χ2n) is 7.98. The Bertz CT molecular complexity index is 1210. The summed E-state index contributed by atoms with van der Waals surface area (Å²) in [6, 6.07) is 40.1. The number of ketones is 1. The highest BCUT2D eigenvalue weighted by molar-refractivity contribution is 7.99. The van der Waals surface area contributed by atoms with Crippen molar-refractivity contribution < 1.29 is 4.79 Å². The van der Waals surface area contributed by atoms with Gasteiger partial charge in [-0.15, -0.1) is 18.3 Å². The number of carbonyl (C=O) groups is 1. The Morgan fingerprint density at radius 2 is 1.18 bits per heavy atom. The first-order valence-electron chi connectivity index (χ1n) is 11.4. The number of hydrogen-bond acceptors (Lipinski definition) is 2. The molecule has 4 rings (SSSR count). The van der Waals surface area contributed by atoms with Crippen LogP contribution in [0.15, 0.2) is 133 Å². The molecule has 0 fully saturated rings. The minimum Gasteiger partial charge on any atom is -0.294 e. The van der Waals surface area contributed by atoms with Crippen LogP contribution in [0.3, 0.4) is 0 Å². The zero-order valence-corrected chi connectivity index (χ0v) is 21.1. The van der Waals surface area contributed by atoms with Gasteiger partial charge in [-0.1, -0.05) is 115 Å². The Morgan fingerprint density at radius 1 is 0.735 bits per heavy atom. The maximum atomic E-state index is 14.3. The van der Waals surface area contributed by atoms with Crippen LogP contribution in [0.4, 0.5) is 0 Å². The van der Waals surface area contributed by atoms with Crippen molar-refractivity contribution in [1.82, 2.24) is 0 Å². The van der Waals surface area contributed by atoms with Gasteiger partial charge in [0.2, 0.25) is 0 Å². The predicted octanol–water partition coefficient (Wildman–Crippen LogP) is 6.46. The molecule has 0 atom stereocenters. The summed E-state index contributed by atoms with van der Waals surface area (Å²) < 4.78 is 0. The van der Waals surface area contributed by atoms with Gasteiger partial charge in [-0.25, -0.2) is 0 Å². The quantitative estimate of drug-likeness (QED) is 0.155. The Labute approximate surface area is 207 Å². The fourth-order valence-electron chi connectivity index (χ4n) is 4.50. The van der Waals surface area contributed by atoms with E-state index in [1.165, 1.54) is 15.9 Å². The van der Waals surface area contributed by atoms with Crippen LogP contribution in [-0.4, -0.2) is 17.3 Å². The van der Waals surface area contributed by atoms with E-state index in [0.717, 1.165) is 15.8 Å². The van der Waals surface area contributed by atoms with Crippen molar-refractivity contribution in [2.45, 2.75) is 17.7 Å². The molecule has 0 unspecified atom stereocenters. The molecule has 0 amide bonds. The van der Waals surface area contributed by atoms with Gasteiger partial charge in [0, 0.05) is 16.6 Å². The average molecular weight is 481 g/mol. The van der Waals surface area contributed by atoms with E-state index in [4.69, 9.17) is 0 Å². The molecule has 4 aromatic carbocycles. The highest BCUT2D eigenvalue weighted by Crippen LogP contribution is 2.49.